The maximum absolute atomic E-state index is 12.5. The Morgan fingerprint density at radius 1 is 1.28 bits per heavy atom. The van der Waals surface area contributed by atoms with Gasteiger partial charge in [-0.1, -0.05) is 19.1 Å². The normalized spacial score (nSPS) is 10.8. The Labute approximate surface area is 156 Å². The molecular weight excluding hydrogens is 350 g/mol. The summed E-state index contributed by atoms with van der Waals surface area (Å²) in [4.78, 5) is 18.7. The Morgan fingerprint density at radius 2 is 2.12 bits per heavy atom. The molecule has 0 aliphatic carbocycles. The first-order chi connectivity index (χ1) is 12.1. The third kappa shape index (κ3) is 4.08. The largest absolute Gasteiger partial charge is 0.366 e. The van der Waals surface area contributed by atoms with E-state index < -0.39 is 0 Å². The molecule has 25 heavy (non-hydrogen) atoms. The minimum Gasteiger partial charge on any atom is -0.366 e. The average molecular weight is 372 g/mol. The van der Waals surface area contributed by atoms with Gasteiger partial charge in [0, 0.05) is 23.0 Å². The highest BCUT2D eigenvalue weighted by atomic mass is 32.1. The standard InChI is InChI=1S/C19H21N3OS2/c1-3-13-6-7-17-14(9-13)10-15(18(23)21-17)11-22(19(24)20-2)12-16-5-4-8-25-16/h4-10H,3,11-12H2,1-2H3,(H,20,24)(H,21,23). The van der Waals surface area contributed by atoms with Crippen LogP contribution in [0.15, 0.2) is 46.6 Å². The first kappa shape index (κ1) is 17.6. The van der Waals surface area contributed by atoms with E-state index in [2.05, 4.69) is 35.4 Å². The van der Waals surface area contributed by atoms with Crippen LogP contribution in [0.5, 0.6) is 0 Å². The van der Waals surface area contributed by atoms with Crippen LogP contribution in [-0.2, 0) is 19.5 Å². The topological polar surface area (TPSA) is 48.1 Å². The molecule has 2 heterocycles. The van der Waals surface area contributed by atoms with Gasteiger partial charge in [-0.2, -0.15) is 0 Å². The third-order valence-corrected chi connectivity index (χ3v) is 5.51. The molecule has 4 nitrogen and oxygen atoms in total. The molecule has 0 spiro atoms. The number of thiocarbonyl (C=S) groups is 1. The zero-order valence-electron chi connectivity index (χ0n) is 14.3. The van der Waals surface area contributed by atoms with Crippen molar-refractivity contribution in [3.8, 4) is 0 Å². The summed E-state index contributed by atoms with van der Waals surface area (Å²) in [6.07, 6.45) is 0.971. The Bertz CT molecular complexity index is 931. The molecule has 0 saturated carbocycles. The number of hydrogen-bond acceptors (Lipinski definition) is 3. The monoisotopic (exact) mass is 371 g/mol. The first-order valence-electron chi connectivity index (χ1n) is 8.24. The molecule has 0 atom stereocenters. The summed E-state index contributed by atoms with van der Waals surface area (Å²) >= 11 is 7.12. The van der Waals surface area contributed by atoms with Crippen LogP contribution in [0.1, 0.15) is 22.9 Å². The minimum atomic E-state index is -0.0631. The number of aryl methyl sites for hydroxylation is 1. The van der Waals surface area contributed by atoms with Crippen molar-refractivity contribution in [2.75, 3.05) is 7.05 Å². The van der Waals surface area contributed by atoms with Crippen LogP contribution in [-0.4, -0.2) is 22.0 Å². The molecule has 2 aromatic heterocycles. The van der Waals surface area contributed by atoms with Crippen molar-refractivity contribution in [3.05, 3.63) is 68.1 Å². The van der Waals surface area contributed by atoms with E-state index in [0.29, 0.717) is 18.2 Å². The predicted molar refractivity (Wildman–Crippen MR) is 109 cm³/mol. The summed E-state index contributed by atoms with van der Waals surface area (Å²) < 4.78 is 0. The van der Waals surface area contributed by atoms with Gasteiger partial charge in [-0.05, 0) is 59.2 Å². The minimum absolute atomic E-state index is 0.0631. The molecule has 3 aromatic rings. The smallest absolute Gasteiger partial charge is 0.253 e. The number of fused-ring (bicyclic) bond motifs is 1. The van der Waals surface area contributed by atoms with Gasteiger partial charge in [0.2, 0.25) is 0 Å². The van der Waals surface area contributed by atoms with Gasteiger partial charge in [-0.3, -0.25) is 4.79 Å². The lowest BCUT2D eigenvalue weighted by molar-refractivity contribution is 0.404. The van der Waals surface area contributed by atoms with Crippen LogP contribution in [0.3, 0.4) is 0 Å². The fraction of sp³-hybridized carbons (Fsp3) is 0.263. The molecule has 1 aromatic carbocycles. The molecule has 0 aliphatic rings. The van der Waals surface area contributed by atoms with E-state index in [1.807, 2.05) is 35.5 Å². The third-order valence-electron chi connectivity index (χ3n) is 4.18. The van der Waals surface area contributed by atoms with Gasteiger partial charge in [0.25, 0.3) is 5.56 Å². The number of H-pyrrole nitrogens is 1. The van der Waals surface area contributed by atoms with E-state index in [1.165, 1.54) is 10.4 Å². The highest BCUT2D eigenvalue weighted by molar-refractivity contribution is 7.80. The summed E-state index contributed by atoms with van der Waals surface area (Å²) in [6.45, 7) is 3.28. The molecule has 130 valence electrons. The molecule has 0 saturated heterocycles. The van der Waals surface area contributed by atoms with E-state index in [-0.39, 0.29) is 5.56 Å². The van der Waals surface area contributed by atoms with Crippen LogP contribution >= 0.6 is 23.6 Å². The maximum atomic E-state index is 12.5. The first-order valence-corrected chi connectivity index (χ1v) is 9.53. The molecule has 6 heteroatoms. The van der Waals surface area contributed by atoms with E-state index >= 15 is 0 Å². The van der Waals surface area contributed by atoms with Crippen LogP contribution in [0.4, 0.5) is 0 Å². The summed E-state index contributed by atoms with van der Waals surface area (Å²) in [5.41, 5.74) is 2.78. The fourth-order valence-electron chi connectivity index (χ4n) is 2.79. The highest BCUT2D eigenvalue weighted by Gasteiger charge is 2.13. The zero-order chi connectivity index (χ0) is 17.8. The van der Waals surface area contributed by atoms with E-state index in [1.54, 1.807) is 11.3 Å². The maximum Gasteiger partial charge on any atom is 0.253 e. The molecule has 0 bridgehead atoms. The average Bonchev–Trinajstić information content (AvgIpc) is 3.13. The van der Waals surface area contributed by atoms with Gasteiger partial charge in [0.1, 0.15) is 0 Å². The molecule has 3 rings (SSSR count). The second-order valence-corrected chi connectivity index (χ2v) is 7.31. The molecule has 0 amide bonds. The fourth-order valence-corrected chi connectivity index (χ4v) is 3.64. The number of nitrogens with one attached hydrogen (secondary N) is 2. The second kappa shape index (κ2) is 7.80. The Balaban J connectivity index is 1.93. The number of thiophene rings is 1. The van der Waals surface area contributed by atoms with Gasteiger partial charge in [-0.25, -0.2) is 0 Å². The summed E-state index contributed by atoms with van der Waals surface area (Å²) in [6, 6.07) is 12.2. The molecule has 2 N–H and O–H groups in total. The van der Waals surface area contributed by atoms with E-state index in [9.17, 15) is 4.79 Å². The van der Waals surface area contributed by atoms with Crippen molar-refractivity contribution >= 4 is 39.6 Å². The van der Waals surface area contributed by atoms with Gasteiger partial charge in [0.15, 0.2) is 5.11 Å². The highest BCUT2D eigenvalue weighted by Crippen LogP contribution is 2.17. The predicted octanol–water partition coefficient (Wildman–Crippen LogP) is 3.66. The molecule has 0 aliphatic heterocycles. The molecule has 0 unspecified atom stereocenters. The second-order valence-electron chi connectivity index (χ2n) is 5.89. The number of hydrogen-bond donors (Lipinski definition) is 2. The van der Waals surface area contributed by atoms with Crippen LogP contribution in [0.2, 0.25) is 0 Å². The van der Waals surface area contributed by atoms with Gasteiger partial charge >= 0.3 is 0 Å². The lowest BCUT2D eigenvalue weighted by Crippen LogP contribution is -2.38. The van der Waals surface area contributed by atoms with Crippen LogP contribution in [0, 0.1) is 0 Å². The molecular formula is C19H21N3OS2. The van der Waals surface area contributed by atoms with Crippen LogP contribution < -0.4 is 10.9 Å². The number of aromatic amines is 1. The van der Waals surface area contributed by atoms with Gasteiger partial charge in [-0.15, -0.1) is 11.3 Å². The Morgan fingerprint density at radius 3 is 2.80 bits per heavy atom. The van der Waals surface area contributed by atoms with Crippen molar-refractivity contribution in [1.82, 2.24) is 15.2 Å². The molecule has 0 radical (unpaired) electrons. The summed E-state index contributed by atoms with van der Waals surface area (Å²) in [7, 11) is 1.81. The number of rotatable bonds is 5. The van der Waals surface area contributed by atoms with Crippen molar-refractivity contribution in [2.24, 2.45) is 0 Å². The zero-order valence-corrected chi connectivity index (χ0v) is 16.0. The lowest BCUT2D eigenvalue weighted by Gasteiger charge is -2.24. The number of nitrogens with zero attached hydrogens (tertiary/aromatic N) is 1. The summed E-state index contributed by atoms with van der Waals surface area (Å²) in [5.74, 6) is 0. The van der Waals surface area contributed by atoms with Crippen molar-refractivity contribution < 1.29 is 0 Å². The van der Waals surface area contributed by atoms with Crippen molar-refractivity contribution in [1.29, 1.82) is 0 Å². The van der Waals surface area contributed by atoms with E-state index in [0.717, 1.165) is 22.9 Å². The van der Waals surface area contributed by atoms with Gasteiger partial charge < -0.3 is 15.2 Å². The van der Waals surface area contributed by atoms with Gasteiger partial charge in [0.05, 0.1) is 13.1 Å². The Hall–Kier alpha value is -2.18. The Kier molecular flexibility index (Phi) is 5.50. The summed E-state index contributed by atoms with van der Waals surface area (Å²) in [5, 5.41) is 6.76. The van der Waals surface area contributed by atoms with E-state index in [4.69, 9.17) is 12.2 Å². The number of benzene rings is 1. The SMILES string of the molecule is CCc1ccc2[nH]c(=O)c(CN(Cc3cccs3)C(=S)NC)cc2c1. The van der Waals surface area contributed by atoms with Crippen LogP contribution in [0.25, 0.3) is 10.9 Å². The van der Waals surface area contributed by atoms with Crippen molar-refractivity contribution in [2.45, 2.75) is 26.4 Å². The number of aromatic nitrogens is 1. The molecule has 0 fully saturated rings. The number of pyridine rings is 1. The quantitative estimate of drug-likeness (QED) is 0.672. The van der Waals surface area contributed by atoms with Crippen molar-refractivity contribution in [3.63, 3.8) is 0 Å². The lowest BCUT2D eigenvalue weighted by atomic mass is 10.1.